The highest BCUT2D eigenvalue weighted by Crippen LogP contribution is 2.19. The van der Waals surface area contributed by atoms with Gasteiger partial charge in [0.2, 0.25) is 5.91 Å². The first kappa shape index (κ1) is 19.5. The van der Waals surface area contributed by atoms with Gasteiger partial charge in [-0.3, -0.25) is 9.59 Å². The average molecular weight is 340 g/mol. The molecule has 6 heteroatoms. The Balaban J connectivity index is 0.00000264. The Kier molecular flexibility index (Phi) is 7.52. The quantitative estimate of drug-likeness (QED) is 0.836. The number of rotatable bonds is 6. The minimum Gasteiger partial charge on any atom is -0.339 e. The molecule has 5 nitrogen and oxygen atoms in total. The Labute approximate surface area is 144 Å². The number of amides is 2. The zero-order valence-corrected chi connectivity index (χ0v) is 14.8. The Morgan fingerprint density at radius 2 is 1.78 bits per heavy atom. The van der Waals surface area contributed by atoms with Crippen molar-refractivity contribution in [2.75, 3.05) is 31.5 Å². The van der Waals surface area contributed by atoms with Crippen molar-refractivity contribution in [3.8, 4) is 0 Å². The zero-order chi connectivity index (χ0) is 16.1. The van der Waals surface area contributed by atoms with Crippen LogP contribution in [-0.4, -0.2) is 42.9 Å². The molecular formula is C17H26ClN3O2. The van der Waals surface area contributed by atoms with Gasteiger partial charge in [-0.2, -0.15) is 0 Å². The Morgan fingerprint density at radius 1 is 1.22 bits per heavy atom. The summed E-state index contributed by atoms with van der Waals surface area (Å²) in [6, 6.07) is 7.12. The van der Waals surface area contributed by atoms with Crippen LogP contribution in [0.1, 0.15) is 31.1 Å². The molecule has 1 unspecified atom stereocenters. The van der Waals surface area contributed by atoms with Gasteiger partial charge in [0, 0.05) is 30.3 Å². The molecule has 0 spiro atoms. The van der Waals surface area contributed by atoms with Crippen LogP contribution in [0.3, 0.4) is 0 Å². The van der Waals surface area contributed by atoms with Gasteiger partial charge in [-0.15, -0.1) is 12.4 Å². The summed E-state index contributed by atoms with van der Waals surface area (Å²) in [5.41, 5.74) is 1.39. The van der Waals surface area contributed by atoms with Crippen molar-refractivity contribution in [3.63, 3.8) is 0 Å². The SMILES string of the molecule is CCN(CC)C(=O)c1ccc(NC(=O)C(C)C2CNC2)cc1.Cl. The summed E-state index contributed by atoms with van der Waals surface area (Å²) in [6.45, 7) is 9.10. The van der Waals surface area contributed by atoms with E-state index < -0.39 is 0 Å². The normalized spacial score (nSPS) is 15.1. The number of hydrogen-bond donors (Lipinski definition) is 2. The molecule has 1 saturated heterocycles. The molecule has 2 amide bonds. The van der Waals surface area contributed by atoms with Crippen LogP contribution in [0.5, 0.6) is 0 Å². The van der Waals surface area contributed by atoms with Crippen LogP contribution in [0.15, 0.2) is 24.3 Å². The van der Waals surface area contributed by atoms with E-state index in [4.69, 9.17) is 0 Å². The van der Waals surface area contributed by atoms with Gasteiger partial charge in [0.15, 0.2) is 0 Å². The lowest BCUT2D eigenvalue weighted by Crippen LogP contribution is -2.48. The molecule has 1 aliphatic heterocycles. The molecule has 0 saturated carbocycles. The summed E-state index contributed by atoms with van der Waals surface area (Å²) in [4.78, 5) is 26.1. The van der Waals surface area contributed by atoms with E-state index in [0.717, 1.165) is 18.8 Å². The number of nitrogens with zero attached hydrogens (tertiary/aromatic N) is 1. The van der Waals surface area contributed by atoms with E-state index in [-0.39, 0.29) is 30.1 Å². The fourth-order valence-electron chi connectivity index (χ4n) is 2.52. The first-order valence-corrected chi connectivity index (χ1v) is 7.97. The molecule has 0 radical (unpaired) electrons. The molecule has 0 aromatic heterocycles. The van der Waals surface area contributed by atoms with Gasteiger partial charge in [-0.25, -0.2) is 0 Å². The lowest BCUT2D eigenvalue weighted by molar-refractivity contribution is -0.121. The van der Waals surface area contributed by atoms with Crippen molar-refractivity contribution >= 4 is 29.9 Å². The fraction of sp³-hybridized carbons (Fsp3) is 0.529. The molecule has 1 fully saturated rings. The maximum atomic E-state index is 12.2. The van der Waals surface area contributed by atoms with Crippen LogP contribution in [-0.2, 0) is 4.79 Å². The van der Waals surface area contributed by atoms with Crippen LogP contribution in [0.25, 0.3) is 0 Å². The number of hydrogen-bond acceptors (Lipinski definition) is 3. The van der Waals surface area contributed by atoms with Crippen molar-refractivity contribution in [2.45, 2.75) is 20.8 Å². The second kappa shape index (κ2) is 8.89. The Morgan fingerprint density at radius 3 is 2.22 bits per heavy atom. The summed E-state index contributed by atoms with van der Waals surface area (Å²) in [5.74, 6) is 0.479. The topological polar surface area (TPSA) is 61.4 Å². The van der Waals surface area contributed by atoms with Gasteiger partial charge >= 0.3 is 0 Å². The number of halogens is 1. The third-order valence-corrected chi connectivity index (χ3v) is 4.38. The van der Waals surface area contributed by atoms with E-state index in [9.17, 15) is 9.59 Å². The maximum absolute atomic E-state index is 12.2. The first-order chi connectivity index (χ1) is 10.6. The molecule has 2 rings (SSSR count). The van der Waals surface area contributed by atoms with Gasteiger partial charge in [0.1, 0.15) is 0 Å². The molecule has 23 heavy (non-hydrogen) atoms. The molecule has 0 bridgehead atoms. The number of carbonyl (C=O) groups is 2. The summed E-state index contributed by atoms with van der Waals surface area (Å²) >= 11 is 0. The third-order valence-electron chi connectivity index (χ3n) is 4.38. The minimum absolute atomic E-state index is 0. The number of anilines is 1. The highest BCUT2D eigenvalue weighted by atomic mass is 35.5. The third kappa shape index (κ3) is 4.69. The highest BCUT2D eigenvalue weighted by Gasteiger charge is 2.28. The minimum atomic E-state index is -0.00164. The smallest absolute Gasteiger partial charge is 0.253 e. The number of carbonyl (C=O) groups excluding carboxylic acids is 2. The predicted octanol–water partition coefficient (Wildman–Crippen LogP) is 2.38. The second-order valence-corrected chi connectivity index (χ2v) is 5.75. The van der Waals surface area contributed by atoms with Crippen molar-refractivity contribution in [1.82, 2.24) is 10.2 Å². The monoisotopic (exact) mass is 339 g/mol. The summed E-state index contributed by atoms with van der Waals surface area (Å²) in [5, 5.41) is 6.10. The van der Waals surface area contributed by atoms with Crippen LogP contribution < -0.4 is 10.6 Å². The van der Waals surface area contributed by atoms with Gasteiger partial charge in [-0.1, -0.05) is 6.92 Å². The molecule has 1 aromatic carbocycles. The lowest BCUT2D eigenvalue weighted by Gasteiger charge is -2.31. The van der Waals surface area contributed by atoms with Crippen molar-refractivity contribution < 1.29 is 9.59 Å². The van der Waals surface area contributed by atoms with Crippen LogP contribution in [0, 0.1) is 11.8 Å². The van der Waals surface area contributed by atoms with E-state index in [0.29, 0.717) is 24.6 Å². The number of benzene rings is 1. The molecular weight excluding hydrogens is 314 g/mol. The molecule has 1 heterocycles. The van der Waals surface area contributed by atoms with Crippen LogP contribution in [0.4, 0.5) is 5.69 Å². The van der Waals surface area contributed by atoms with Gasteiger partial charge in [-0.05, 0) is 57.1 Å². The van der Waals surface area contributed by atoms with Gasteiger partial charge in [0.05, 0.1) is 0 Å². The molecule has 1 atom stereocenters. The van der Waals surface area contributed by atoms with Crippen LogP contribution in [0.2, 0.25) is 0 Å². The van der Waals surface area contributed by atoms with Crippen molar-refractivity contribution in [3.05, 3.63) is 29.8 Å². The molecule has 1 aromatic rings. The maximum Gasteiger partial charge on any atom is 0.253 e. The predicted molar refractivity (Wildman–Crippen MR) is 95.1 cm³/mol. The molecule has 1 aliphatic rings. The van der Waals surface area contributed by atoms with E-state index in [1.54, 1.807) is 29.2 Å². The summed E-state index contributed by atoms with van der Waals surface area (Å²) in [6.07, 6.45) is 0. The fourth-order valence-corrected chi connectivity index (χ4v) is 2.52. The highest BCUT2D eigenvalue weighted by molar-refractivity contribution is 5.96. The molecule has 2 N–H and O–H groups in total. The van der Waals surface area contributed by atoms with E-state index in [1.165, 1.54) is 0 Å². The average Bonchev–Trinajstić information content (AvgIpc) is 2.47. The van der Waals surface area contributed by atoms with Gasteiger partial charge < -0.3 is 15.5 Å². The summed E-state index contributed by atoms with van der Waals surface area (Å²) < 4.78 is 0. The standard InChI is InChI=1S/C17H25N3O2.ClH/c1-4-20(5-2)17(22)13-6-8-15(9-7-13)19-16(21)12(3)14-10-18-11-14;/h6-9,12,14,18H,4-5,10-11H2,1-3H3,(H,19,21);1H. The van der Waals surface area contributed by atoms with Crippen LogP contribution >= 0.6 is 12.4 Å². The zero-order valence-electron chi connectivity index (χ0n) is 14.0. The van der Waals surface area contributed by atoms with Crippen molar-refractivity contribution in [2.24, 2.45) is 11.8 Å². The Hall–Kier alpha value is -1.59. The Bertz CT molecular complexity index is 525. The lowest BCUT2D eigenvalue weighted by atomic mass is 9.88. The first-order valence-electron chi connectivity index (χ1n) is 7.97. The second-order valence-electron chi connectivity index (χ2n) is 5.75. The summed E-state index contributed by atoms with van der Waals surface area (Å²) in [7, 11) is 0. The van der Waals surface area contributed by atoms with E-state index in [1.807, 2.05) is 20.8 Å². The molecule has 128 valence electrons. The van der Waals surface area contributed by atoms with E-state index in [2.05, 4.69) is 10.6 Å². The number of nitrogens with one attached hydrogen (secondary N) is 2. The van der Waals surface area contributed by atoms with Crippen molar-refractivity contribution in [1.29, 1.82) is 0 Å². The van der Waals surface area contributed by atoms with Gasteiger partial charge in [0.25, 0.3) is 5.91 Å². The largest absolute Gasteiger partial charge is 0.339 e. The molecule has 0 aliphatic carbocycles. The van der Waals surface area contributed by atoms with E-state index >= 15 is 0 Å².